The van der Waals surface area contributed by atoms with Crippen molar-refractivity contribution in [3.63, 3.8) is 0 Å². The highest BCUT2D eigenvalue weighted by molar-refractivity contribution is 6.13. The molecule has 1 unspecified atom stereocenters. The van der Waals surface area contributed by atoms with Gasteiger partial charge in [0.2, 0.25) is 0 Å². The molecule has 0 aliphatic heterocycles. The van der Waals surface area contributed by atoms with E-state index in [4.69, 9.17) is 0 Å². The number of hydrogen-bond donors (Lipinski definition) is 0. The summed E-state index contributed by atoms with van der Waals surface area (Å²) in [7, 11) is 0. The number of fused-ring (bicyclic) bond motifs is 1. The maximum absolute atomic E-state index is 13.2. The van der Waals surface area contributed by atoms with E-state index in [9.17, 15) is 14.0 Å². The molecule has 0 saturated carbocycles. The second kappa shape index (κ2) is 3.01. The van der Waals surface area contributed by atoms with Crippen LogP contribution in [0.2, 0.25) is 0 Å². The zero-order valence-corrected chi connectivity index (χ0v) is 7.71. The minimum absolute atomic E-state index is 0.189. The third-order valence-electron chi connectivity index (χ3n) is 2.60. The summed E-state index contributed by atoms with van der Waals surface area (Å²) in [4.78, 5) is 22.7. The molecule has 1 atom stereocenters. The Bertz CT molecular complexity index is 423. The molecule has 0 heterocycles. The van der Waals surface area contributed by atoms with Gasteiger partial charge in [0.1, 0.15) is 11.6 Å². The highest BCUT2D eigenvalue weighted by Crippen LogP contribution is 2.29. The standard InChI is InChI=1S/C11H9FO2/c1-6(13)8-5-9-7(11(8)14)3-2-4-10(9)12/h2-4,8H,5H2,1H3. The molecule has 1 aromatic rings. The Morgan fingerprint density at radius 2 is 2.21 bits per heavy atom. The van der Waals surface area contributed by atoms with Crippen molar-refractivity contribution in [2.45, 2.75) is 13.3 Å². The first kappa shape index (κ1) is 9.06. The fourth-order valence-electron chi connectivity index (χ4n) is 1.81. The van der Waals surface area contributed by atoms with Gasteiger partial charge >= 0.3 is 0 Å². The number of carbonyl (C=O) groups is 2. The Hall–Kier alpha value is -1.51. The van der Waals surface area contributed by atoms with Gasteiger partial charge in [0.05, 0.1) is 5.92 Å². The average molecular weight is 192 g/mol. The lowest BCUT2D eigenvalue weighted by molar-refractivity contribution is -0.119. The zero-order valence-electron chi connectivity index (χ0n) is 7.71. The van der Waals surface area contributed by atoms with E-state index in [0.29, 0.717) is 11.1 Å². The fraction of sp³-hybridized carbons (Fsp3) is 0.273. The number of Topliss-reactive ketones (excluding diaryl/α,β-unsaturated/α-hetero) is 2. The molecule has 0 radical (unpaired) electrons. The third-order valence-corrected chi connectivity index (χ3v) is 2.60. The van der Waals surface area contributed by atoms with Gasteiger partial charge in [-0.3, -0.25) is 9.59 Å². The van der Waals surface area contributed by atoms with Crippen LogP contribution in [0.4, 0.5) is 4.39 Å². The molecule has 2 rings (SSSR count). The van der Waals surface area contributed by atoms with Crippen molar-refractivity contribution in [3.05, 3.63) is 35.1 Å². The predicted octanol–water partition coefficient (Wildman–Crippen LogP) is 1.77. The molecular weight excluding hydrogens is 183 g/mol. The van der Waals surface area contributed by atoms with Crippen molar-refractivity contribution in [1.82, 2.24) is 0 Å². The van der Waals surface area contributed by atoms with Crippen LogP contribution in [0.1, 0.15) is 22.8 Å². The molecule has 1 aliphatic carbocycles. The quantitative estimate of drug-likeness (QED) is 0.635. The van der Waals surface area contributed by atoms with Crippen LogP contribution in [0.5, 0.6) is 0 Å². The van der Waals surface area contributed by atoms with E-state index in [1.807, 2.05) is 0 Å². The van der Waals surface area contributed by atoms with E-state index in [1.54, 1.807) is 6.07 Å². The lowest BCUT2D eigenvalue weighted by atomic mass is 10.0. The van der Waals surface area contributed by atoms with Gasteiger partial charge in [-0.15, -0.1) is 0 Å². The molecule has 0 amide bonds. The SMILES string of the molecule is CC(=O)C1Cc2c(F)cccc2C1=O. The number of carbonyl (C=O) groups excluding carboxylic acids is 2. The van der Waals surface area contributed by atoms with E-state index in [2.05, 4.69) is 0 Å². The fourth-order valence-corrected chi connectivity index (χ4v) is 1.81. The zero-order chi connectivity index (χ0) is 10.3. The van der Waals surface area contributed by atoms with Gasteiger partial charge in [0.25, 0.3) is 0 Å². The summed E-state index contributed by atoms with van der Waals surface area (Å²) < 4.78 is 13.2. The lowest BCUT2D eigenvalue weighted by Crippen LogP contribution is -2.17. The normalized spacial score (nSPS) is 19.6. The van der Waals surface area contributed by atoms with E-state index in [-0.39, 0.29) is 23.8 Å². The summed E-state index contributed by atoms with van der Waals surface area (Å²) in [6, 6.07) is 4.38. The van der Waals surface area contributed by atoms with Crippen LogP contribution in [-0.4, -0.2) is 11.6 Å². The van der Waals surface area contributed by atoms with Crippen LogP contribution < -0.4 is 0 Å². The molecule has 72 valence electrons. The first-order valence-corrected chi connectivity index (χ1v) is 4.43. The van der Waals surface area contributed by atoms with Gasteiger partial charge in [-0.05, 0) is 25.0 Å². The van der Waals surface area contributed by atoms with Crippen LogP contribution in [0.3, 0.4) is 0 Å². The highest BCUT2D eigenvalue weighted by atomic mass is 19.1. The topological polar surface area (TPSA) is 34.1 Å². The lowest BCUT2D eigenvalue weighted by Gasteiger charge is -1.99. The molecule has 0 fully saturated rings. The van der Waals surface area contributed by atoms with E-state index < -0.39 is 5.92 Å². The van der Waals surface area contributed by atoms with Gasteiger partial charge in [0, 0.05) is 5.56 Å². The molecular formula is C11H9FO2. The van der Waals surface area contributed by atoms with Gasteiger partial charge in [-0.25, -0.2) is 4.39 Å². The summed E-state index contributed by atoms with van der Waals surface area (Å²) in [6.45, 7) is 1.37. The number of hydrogen-bond acceptors (Lipinski definition) is 2. The molecule has 14 heavy (non-hydrogen) atoms. The Labute approximate surface area is 80.7 Å². The van der Waals surface area contributed by atoms with Gasteiger partial charge in [0.15, 0.2) is 5.78 Å². The average Bonchev–Trinajstić information content (AvgIpc) is 2.46. The summed E-state index contributed by atoms with van der Waals surface area (Å²) in [5.74, 6) is -1.49. The monoisotopic (exact) mass is 192 g/mol. The molecule has 0 saturated heterocycles. The minimum Gasteiger partial charge on any atom is -0.299 e. The Kier molecular flexibility index (Phi) is 1.95. The molecule has 1 aliphatic rings. The van der Waals surface area contributed by atoms with E-state index in [1.165, 1.54) is 19.1 Å². The Morgan fingerprint density at radius 3 is 2.79 bits per heavy atom. The summed E-state index contributed by atoms with van der Waals surface area (Å²) in [5.41, 5.74) is 0.753. The van der Waals surface area contributed by atoms with Crippen molar-refractivity contribution in [3.8, 4) is 0 Å². The molecule has 2 nitrogen and oxygen atoms in total. The molecule has 0 N–H and O–H groups in total. The van der Waals surface area contributed by atoms with Crippen molar-refractivity contribution < 1.29 is 14.0 Å². The maximum Gasteiger partial charge on any atom is 0.174 e. The highest BCUT2D eigenvalue weighted by Gasteiger charge is 2.34. The molecule has 0 aromatic heterocycles. The van der Waals surface area contributed by atoms with E-state index in [0.717, 1.165) is 0 Å². The Morgan fingerprint density at radius 1 is 1.50 bits per heavy atom. The predicted molar refractivity (Wildman–Crippen MR) is 48.6 cm³/mol. The maximum atomic E-state index is 13.2. The van der Waals surface area contributed by atoms with Crippen LogP contribution in [-0.2, 0) is 11.2 Å². The van der Waals surface area contributed by atoms with Crippen molar-refractivity contribution in [2.24, 2.45) is 5.92 Å². The summed E-state index contributed by atoms with van der Waals surface area (Å²) >= 11 is 0. The number of ketones is 2. The third kappa shape index (κ3) is 1.16. The van der Waals surface area contributed by atoms with Crippen LogP contribution in [0, 0.1) is 11.7 Å². The molecule has 0 bridgehead atoms. The van der Waals surface area contributed by atoms with Crippen LogP contribution in [0.25, 0.3) is 0 Å². The summed E-state index contributed by atoms with van der Waals surface area (Å²) in [5, 5.41) is 0. The second-order valence-corrected chi connectivity index (χ2v) is 3.50. The first-order chi connectivity index (χ1) is 6.61. The molecule has 3 heteroatoms. The summed E-state index contributed by atoms with van der Waals surface area (Å²) in [6.07, 6.45) is 0.218. The molecule has 1 aromatic carbocycles. The smallest absolute Gasteiger partial charge is 0.174 e. The van der Waals surface area contributed by atoms with Crippen molar-refractivity contribution >= 4 is 11.6 Å². The van der Waals surface area contributed by atoms with Gasteiger partial charge < -0.3 is 0 Å². The number of benzene rings is 1. The first-order valence-electron chi connectivity index (χ1n) is 4.43. The number of rotatable bonds is 1. The van der Waals surface area contributed by atoms with Gasteiger partial charge in [-0.1, -0.05) is 12.1 Å². The van der Waals surface area contributed by atoms with Crippen LogP contribution >= 0.6 is 0 Å². The minimum atomic E-state index is -0.665. The second-order valence-electron chi connectivity index (χ2n) is 3.50. The Balaban J connectivity index is 2.50. The molecule has 0 spiro atoms. The van der Waals surface area contributed by atoms with E-state index >= 15 is 0 Å². The van der Waals surface area contributed by atoms with Crippen molar-refractivity contribution in [1.29, 1.82) is 0 Å². The number of halogens is 1. The largest absolute Gasteiger partial charge is 0.299 e. The van der Waals surface area contributed by atoms with Crippen LogP contribution in [0.15, 0.2) is 18.2 Å². The van der Waals surface area contributed by atoms with Crippen molar-refractivity contribution in [2.75, 3.05) is 0 Å². The van der Waals surface area contributed by atoms with Gasteiger partial charge in [-0.2, -0.15) is 0 Å².